The van der Waals surface area contributed by atoms with Gasteiger partial charge in [0.2, 0.25) is 11.8 Å². The first-order valence-electron chi connectivity index (χ1n) is 13.6. The highest BCUT2D eigenvalue weighted by Crippen LogP contribution is 2.28. The topological polar surface area (TPSA) is 135 Å². The smallest absolute Gasteiger partial charge is 0.408 e. The van der Waals surface area contributed by atoms with Crippen LogP contribution >= 0.6 is 0 Å². The molecular formula is C27H50N4O7. The maximum absolute atomic E-state index is 13.8. The number of nitrogens with one attached hydrogen (secondary N) is 3. The highest BCUT2D eigenvalue weighted by atomic mass is 16.6. The van der Waals surface area contributed by atoms with Gasteiger partial charge in [0.1, 0.15) is 18.2 Å². The summed E-state index contributed by atoms with van der Waals surface area (Å²) in [6, 6.07) is -2.13. The standard InChI is InChI=1S/C27H44N4O7.3H2/c1-7-8-19(21(36-6)24(33)28-17-9-10-17)29-23(32)20-13-16(2)14-31(20)25(34)22(27(3,4)5)30-26(35)38-18-11-12-37-15-18;;;/h17-22H,2,7-15H2,1,3-6H3,(H,28,33)(H,29,32)(H,30,35);3*1H/t18-,19-,20-,21?,22?;;;/m0.../s1. The van der Waals surface area contributed by atoms with Crippen molar-refractivity contribution in [1.29, 1.82) is 0 Å². The van der Waals surface area contributed by atoms with Gasteiger partial charge in [-0.2, -0.15) is 0 Å². The molecule has 1 saturated carbocycles. The van der Waals surface area contributed by atoms with E-state index in [9.17, 15) is 19.2 Å². The lowest BCUT2D eigenvalue weighted by Gasteiger charge is -2.35. The Morgan fingerprint density at radius 3 is 2.45 bits per heavy atom. The zero-order valence-corrected chi connectivity index (χ0v) is 23.3. The van der Waals surface area contributed by atoms with Gasteiger partial charge >= 0.3 is 6.09 Å². The van der Waals surface area contributed by atoms with Crippen molar-refractivity contribution in [1.82, 2.24) is 20.9 Å². The number of hydrogen-bond donors (Lipinski definition) is 3. The lowest BCUT2D eigenvalue weighted by molar-refractivity contribution is -0.143. The molecule has 0 aromatic carbocycles. The van der Waals surface area contributed by atoms with Crippen LogP contribution in [0.25, 0.3) is 0 Å². The molecule has 0 bridgehead atoms. The van der Waals surface area contributed by atoms with E-state index in [0.29, 0.717) is 32.5 Å². The van der Waals surface area contributed by atoms with E-state index in [2.05, 4.69) is 22.5 Å². The Morgan fingerprint density at radius 2 is 1.89 bits per heavy atom. The maximum atomic E-state index is 13.8. The van der Waals surface area contributed by atoms with Gasteiger partial charge < -0.3 is 35.1 Å². The fourth-order valence-corrected chi connectivity index (χ4v) is 4.84. The Balaban J connectivity index is 0.00000533. The molecule has 2 unspecified atom stereocenters. The van der Waals surface area contributed by atoms with Gasteiger partial charge in [0.25, 0.3) is 5.91 Å². The highest BCUT2D eigenvalue weighted by Gasteiger charge is 2.44. The van der Waals surface area contributed by atoms with Gasteiger partial charge in [-0.25, -0.2) is 4.79 Å². The van der Waals surface area contributed by atoms with Crippen molar-refractivity contribution >= 4 is 23.8 Å². The van der Waals surface area contributed by atoms with Gasteiger partial charge in [0, 0.05) is 30.4 Å². The fourth-order valence-electron chi connectivity index (χ4n) is 4.84. The summed E-state index contributed by atoms with van der Waals surface area (Å²) in [5.74, 6) is -1.02. The quantitative estimate of drug-likeness (QED) is 0.341. The fraction of sp³-hybridized carbons (Fsp3) is 0.778. The summed E-state index contributed by atoms with van der Waals surface area (Å²) >= 11 is 0. The molecule has 3 aliphatic rings. The average Bonchev–Trinajstić information content (AvgIpc) is 3.33. The van der Waals surface area contributed by atoms with Crippen molar-refractivity contribution in [3.05, 3.63) is 12.2 Å². The van der Waals surface area contributed by atoms with Crippen LogP contribution in [0.4, 0.5) is 4.79 Å². The zero-order chi connectivity index (χ0) is 28.0. The minimum atomic E-state index is -0.930. The normalized spacial score (nSPS) is 23.9. The van der Waals surface area contributed by atoms with Crippen molar-refractivity contribution in [2.24, 2.45) is 5.41 Å². The summed E-state index contributed by atoms with van der Waals surface area (Å²) in [7, 11) is 1.45. The molecule has 0 aromatic rings. The van der Waals surface area contributed by atoms with E-state index in [-0.39, 0.29) is 34.8 Å². The van der Waals surface area contributed by atoms with Crippen LogP contribution in [0.15, 0.2) is 12.2 Å². The predicted octanol–water partition coefficient (Wildman–Crippen LogP) is 2.39. The van der Waals surface area contributed by atoms with Gasteiger partial charge in [0.15, 0.2) is 6.10 Å². The van der Waals surface area contributed by atoms with Crippen LogP contribution in [-0.2, 0) is 28.6 Å². The third-order valence-electron chi connectivity index (χ3n) is 7.10. The summed E-state index contributed by atoms with van der Waals surface area (Å²) in [6.07, 6.45) is 2.17. The molecule has 0 aromatic heterocycles. The second kappa shape index (κ2) is 12.9. The van der Waals surface area contributed by atoms with Crippen LogP contribution in [0.3, 0.4) is 0 Å². The molecule has 11 nitrogen and oxygen atoms in total. The number of nitrogens with zero attached hydrogens (tertiary/aromatic N) is 1. The number of carbonyl (C=O) groups is 4. The van der Waals surface area contributed by atoms with E-state index in [1.54, 1.807) is 0 Å². The maximum Gasteiger partial charge on any atom is 0.408 e. The molecule has 5 atom stereocenters. The van der Waals surface area contributed by atoms with E-state index < -0.39 is 41.6 Å². The number of rotatable bonds is 11. The van der Waals surface area contributed by atoms with E-state index >= 15 is 0 Å². The van der Waals surface area contributed by atoms with Crippen LogP contribution in [0, 0.1) is 5.41 Å². The summed E-state index contributed by atoms with van der Waals surface area (Å²) in [5.41, 5.74) is 0.0821. The molecule has 38 heavy (non-hydrogen) atoms. The SMILES string of the molecule is C=C1C[C@@H](C(=O)N[C@@H](CCC)C(OC)C(=O)NC2CC2)N(C(=O)C(NC(=O)O[C@H]2CCOC2)C(C)(C)C)C1.[HH].[HH].[HH]. The van der Waals surface area contributed by atoms with Crippen molar-refractivity contribution in [3.63, 3.8) is 0 Å². The molecule has 220 valence electrons. The Morgan fingerprint density at radius 1 is 1.18 bits per heavy atom. The summed E-state index contributed by atoms with van der Waals surface area (Å²) in [4.78, 5) is 54.2. The molecular weight excluding hydrogens is 492 g/mol. The first kappa shape index (κ1) is 29.9. The van der Waals surface area contributed by atoms with E-state index in [0.717, 1.165) is 24.8 Å². The number of alkyl carbamates (subject to hydrolysis) is 1. The molecule has 2 saturated heterocycles. The first-order valence-corrected chi connectivity index (χ1v) is 13.6. The van der Waals surface area contributed by atoms with Crippen LogP contribution in [-0.4, -0.2) is 92.0 Å². The van der Waals surface area contributed by atoms with Crippen LogP contribution < -0.4 is 16.0 Å². The lowest BCUT2D eigenvalue weighted by Crippen LogP contribution is -2.59. The number of amides is 4. The average molecular weight is 543 g/mol. The lowest BCUT2D eigenvalue weighted by atomic mass is 9.85. The largest absolute Gasteiger partial charge is 0.444 e. The highest BCUT2D eigenvalue weighted by molar-refractivity contribution is 5.93. The molecule has 3 fully saturated rings. The van der Waals surface area contributed by atoms with E-state index in [4.69, 9.17) is 14.2 Å². The molecule has 2 heterocycles. The number of likely N-dealkylation sites (tertiary alicyclic amines) is 1. The molecule has 4 amide bonds. The Bertz CT molecular complexity index is 908. The Hall–Kier alpha value is -2.66. The number of methoxy groups -OCH3 is 1. The van der Waals surface area contributed by atoms with Gasteiger partial charge in [-0.05, 0) is 31.1 Å². The van der Waals surface area contributed by atoms with Crippen LogP contribution in [0.2, 0.25) is 0 Å². The van der Waals surface area contributed by atoms with Crippen molar-refractivity contribution in [3.8, 4) is 0 Å². The molecule has 0 radical (unpaired) electrons. The van der Waals surface area contributed by atoms with Crippen LogP contribution in [0.1, 0.15) is 70.5 Å². The molecule has 11 heteroatoms. The minimum absolute atomic E-state index is 0. The summed E-state index contributed by atoms with van der Waals surface area (Å²) in [6.45, 7) is 12.6. The van der Waals surface area contributed by atoms with E-state index in [1.807, 2.05) is 27.7 Å². The number of carbonyl (C=O) groups excluding carboxylic acids is 4. The zero-order valence-electron chi connectivity index (χ0n) is 23.3. The Labute approximate surface area is 229 Å². The monoisotopic (exact) mass is 542 g/mol. The van der Waals surface area contributed by atoms with E-state index in [1.165, 1.54) is 12.0 Å². The molecule has 1 aliphatic carbocycles. The van der Waals surface area contributed by atoms with Gasteiger partial charge in [0.05, 0.1) is 19.3 Å². The minimum Gasteiger partial charge on any atom is -0.444 e. The van der Waals surface area contributed by atoms with Crippen LogP contribution in [0.5, 0.6) is 0 Å². The van der Waals surface area contributed by atoms with Gasteiger partial charge in [-0.15, -0.1) is 0 Å². The second-order valence-corrected chi connectivity index (χ2v) is 11.6. The van der Waals surface area contributed by atoms with Gasteiger partial charge in [-0.1, -0.05) is 46.3 Å². The summed E-state index contributed by atoms with van der Waals surface area (Å²) in [5, 5.41) is 8.63. The Kier molecular flexibility index (Phi) is 10.2. The van der Waals surface area contributed by atoms with Crippen molar-refractivity contribution in [2.45, 2.75) is 103 Å². The van der Waals surface area contributed by atoms with Gasteiger partial charge in [-0.3, -0.25) is 14.4 Å². The van der Waals surface area contributed by atoms with Crippen molar-refractivity contribution in [2.75, 3.05) is 26.9 Å². The first-order chi connectivity index (χ1) is 17.9. The van der Waals surface area contributed by atoms with Crippen molar-refractivity contribution < 1.29 is 37.7 Å². The molecule has 2 aliphatic heterocycles. The molecule has 3 N–H and O–H groups in total. The summed E-state index contributed by atoms with van der Waals surface area (Å²) < 4.78 is 16.2. The molecule has 0 spiro atoms. The third kappa shape index (κ3) is 7.92. The number of ether oxygens (including phenoxy) is 3. The molecule has 3 rings (SSSR count). The third-order valence-corrected chi connectivity index (χ3v) is 7.10. The predicted molar refractivity (Wildman–Crippen MR) is 146 cm³/mol. The second-order valence-electron chi connectivity index (χ2n) is 11.6. The number of hydrogen-bond acceptors (Lipinski definition) is 7.